The van der Waals surface area contributed by atoms with Crippen molar-refractivity contribution in [2.45, 2.75) is 39.5 Å². The molecule has 1 N–H and O–H groups in total. The van der Waals surface area contributed by atoms with Crippen molar-refractivity contribution < 1.29 is 9.53 Å². The molecule has 2 aromatic carbocycles. The lowest BCUT2D eigenvalue weighted by molar-refractivity contribution is 0.0912. The van der Waals surface area contributed by atoms with Crippen molar-refractivity contribution in [2.75, 3.05) is 6.61 Å². The van der Waals surface area contributed by atoms with Crippen LogP contribution in [0.1, 0.15) is 53.1 Å². The van der Waals surface area contributed by atoms with Crippen molar-refractivity contribution in [2.24, 2.45) is 5.41 Å². The molecule has 0 saturated heterocycles. The number of pyridine rings is 1. The molecule has 1 aliphatic carbocycles. The zero-order valence-corrected chi connectivity index (χ0v) is 17.3. The first-order valence-corrected chi connectivity index (χ1v) is 10.7. The first-order chi connectivity index (χ1) is 14.5. The minimum Gasteiger partial charge on any atom is -0.493 e. The summed E-state index contributed by atoms with van der Waals surface area (Å²) in [5.74, 6) is 1.21. The number of nitrogens with one attached hydrogen (secondary N) is 1. The van der Waals surface area contributed by atoms with Gasteiger partial charge in [0, 0.05) is 41.1 Å². The number of Topliss-reactive ketones (excluding diaryl/α,β-unsaturated/α-hetero) is 1. The molecule has 0 atom stereocenters. The number of carbonyl (C=O) groups is 1. The predicted octanol–water partition coefficient (Wildman–Crippen LogP) is 5.40. The van der Waals surface area contributed by atoms with Gasteiger partial charge in [0.15, 0.2) is 5.78 Å². The molecule has 2 aromatic heterocycles. The van der Waals surface area contributed by atoms with E-state index < -0.39 is 0 Å². The minimum atomic E-state index is -0.0565. The molecule has 6 rings (SSSR count). The van der Waals surface area contributed by atoms with Gasteiger partial charge in [0.05, 0.1) is 23.5 Å². The number of rotatable bonds is 2. The lowest BCUT2D eigenvalue weighted by Crippen LogP contribution is -2.28. The summed E-state index contributed by atoms with van der Waals surface area (Å²) in [7, 11) is 0. The highest BCUT2D eigenvalue weighted by atomic mass is 16.5. The molecule has 2 aliphatic rings. The molecular weight excluding hydrogens is 372 g/mol. The largest absolute Gasteiger partial charge is 0.493 e. The predicted molar refractivity (Wildman–Crippen MR) is 118 cm³/mol. The van der Waals surface area contributed by atoms with E-state index >= 15 is 0 Å². The molecule has 4 nitrogen and oxygen atoms in total. The van der Waals surface area contributed by atoms with E-state index in [9.17, 15) is 4.79 Å². The maximum Gasteiger partial charge on any atom is 0.165 e. The zero-order chi connectivity index (χ0) is 20.5. The van der Waals surface area contributed by atoms with Crippen molar-refractivity contribution in [3.05, 3.63) is 70.5 Å². The Bertz CT molecular complexity index is 1350. The highest BCUT2D eigenvalue weighted by Gasteiger charge is 2.34. The summed E-state index contributed by atoms with van der Waals surface area (Å²) < 4.78 is 5.66. The molecule has 0 radical (unpaired) electrons. The number of aromatic nitrogens is 2. The third kappa shape index (κ3) is 2.67. The summed E-state index contributed by atoms with van der Waals surface area (Å²) in [6, 6.07) is 14.7. The number of benzene rings is 2. The van der Waals surface area contributed by atoms with Crippen molar-refractivity contribution in [1.82, 2.24) is 9.97 Å². The maximum atomic E-state index is 13.2. The third-order valence-electron chi connectivity index (χ3n) is 6.49. The quantitative estimate of drug-likeness (QED) is 0.494. The average Bonchev–Trinajstić information content (AvgIpc) is 3.31. The monoisotopic (exact) mass is 396 g/mol. The topological polar surface area (TPSA) is 55.0 Å². The second-order valence-electron chi connectivity index (χ2n) is 9.46. The Morgan fingerprint density at radius 3 is 2.90 bits per heavy atom. The fraction of sp³-hybridized carbons (Fsp3) is 0.308. The van der Waals surface area contributed by atoms with Crippen LogP contribution in [0.2, 0.25) is 0 Å². The van der Waals surface area contributed by atoms with Gasteiger partial charge in [0.2, 0.25) is 0 Å². The van der Waals surface area contributed by atoms with Gasteiger partial charge in [0.25, 0.3) is 0 Å². The van der Waals surface area contributed by atoms with Gasteiger partial charge < -0.3 is 9.72 Å². The summed E-state index contributed by atoms with van der Waals surface area (Å²) in [6.07, 6.45) is 3.10. The number of carbonyl (C=O) groups excluding carboxylic acids is 1. The zero-order valence-electron chi connectivity index (χ0n) is 17.3. The fourth-order valence-corrected chi connectivity index (χ4v) is 5.18. The molecule has 0 spiro atoms. The number of ketones is 1. The molecule has 4 heteroatoms. The summed E-state index contributed by atoms with van der Waals surface area (Å²) in [5.41, 5.74) is 7.30. The minimum absolute atomic E-state index is 0.0565. The normalized spacial score (nSPS) is 17.2. The number of ether oxygens (including phenoxy) is 1. The van der Waals surface area contributed by atoms with Gasteiger partial charge in [-0.05, 0) is 35.1 Å². The Balaban J connectivity index is 1.59. The maximum absolute atomic E-state index is 13.2. The van der Waals surface area contributed by atoms with Crippen LogP contribution in [0.5, 0.6) is 5.75 Å². The van der Waals surface area contributed by atoms with E-state index in [1.54, 1.807) is 0 Å². The number of H-pyrrole nitrogens is 1. The van der Waals surface area contributed by atoms with Crippen LogP contribution in [0.25, 0.3) is 21.8 Å². The highest BCUT2D eigenvalue weighted by Crippen LogP contribution is 2.40. The average molecular weight is 396 g/mol. The number of hydrogen-bond acceptors (Lipinski definition) is 3. The van der Waals surface area contributed by atoms with Crippen LogP contribution in [0.4, 0.5) is 0 Å². The van der Waals surface area contributed by atoms with E-state index in [-0.39, 0.29) is 11.2 Å². The van der Waals surface area contributed by atoms with Crippen LogP contribution in [0.15, 0.2) is 42.5 Å². The number of hydrogen-bond donors (Lipinski definition) is 1. The smallest absolute Gasteiger partial charge is 0.165 e. The second kappa shape index (κ2) is 6.18. The Morgan fingerprint density at radius 1 is 1.13 bits per heavy atom. The molecule has 150 valence electrons. The summed E-state index contributed by atoms with van der Waals surface area (Å²) in [4.78, 5) is 21.8. The molecule has 0 amide bonds. The van der Waals surface area contributed by atoms with E-state index in [4.69, 9.17) is 9.72 Å². The Kier molecular flexibility index (Phi) is 3.64. The number of para-hydroxylation sites is 1. The first kappa shape index (κ1) is 17.7. The van der Waals surface area contributed by atoms with Gasteiger partial charge >= 0.3 is 0 Å². The summed E-state index contributed by atoms with van der Waals surface area (Å²) >= 11 is 0. The van der Waals surface area contributed by atoms with Crippen molar-refractivity contribution in [3.8, 4) is 5.75 Å². The Labute approximate surface area is 175 Å². The number of fused-ring (bicyclic) bond motifs is 6. The molecular formula is C26H24N2O2. The van der Waals surface area contributed by atoms with Crippen LogP contribution in [0.3, 0.4) is 0 Å². The number of nitrogens with zero attached hydrogens (tertiary/aromatic N) is 1. The lowest BCUT2D eigenvalue weighted by atomic mass is 9.74. The second-order valence-corrected chi connectivity index (χ2v) is 9.46. The first-order valence-electron chi connectivity index (χ1n) is 10.7. The van der Waals surface area contributed by atoms with Crippen molar-refractivity contribution in [3.63, 3.8) is 0 Å². The Hall–Kier alpha value is -3.14. The van der Waals surface area contributed by atoms with Crippen LogP contribution < -0.4 is 4.74 Å². The SMILES string of the molecule is CC1(C)CC(=O)c2c(nc(Cc3ccc4c(c3)CCO4)c3[nH]c4ccccc4c23)C1. The van der Waals surface area contributed by atoms with Gasteiger partial charge in [0.1, 0.15) is 5.75 Å². The van der Waals surface area contributed by atoms with Crippen molar-refractivity contribution in [1.29, 1.82) is 0 Å². The number of aromatic amines is 1. The van der Waals surface area contributed by atoms with Crippen molar-refractivity contribution >= 4 is 27.6 Å². The van der Waals surface area contributed by atoms with E-state index in [2.05, 4.69) is 49.2 Å². The van der Waals surface area contributed by atoms with E-state index in [0.717, 1.165) is 70.4 Å². The molecule has 0 saturated carbocycles. The molecule has 0 bridgehead atoms. The summed E-state index contributed by atoms with van der Waals surface area (Å²) in [5, 5.41) is 2.17. The van der Waals surface area contributed by atoms with E-state index in [1.807, 2.05) is 12.1 Å². The van der Waals surface area contributed by atoms with Crippen LogP contribution >= 0.6 is 0 Å². The standard InChI is InChI=1S/C26H24N2O2/c1-26(2)13-20-24(21(29)14-26)23-17-5-3-4-6-18(17)28-25(23)19(27-20)12-15-7-8-22-16(11-15)9-10-30-22/h3-8,11,28H,9-10,12-14H2,1-2H3. The fourth-order valence-electron chi connectivity index (χ4n) is 5.18. The van der Waals surface area contributed by atoms with E-state index in [0.29, 0.717) is 6.42 Å². The molecule has 4 aromatic rings. The molecule has 0 fully saturated rings. The van der Waals surface area contributed by atoms with Gasteiger partial charge in [-0.25, -0.2) is 0 Å². The van der Waals surface area contributed by atoms with E-state index in [1.165, 1.54) is 11.1 Å². The third-order valence-corrected chi connectivity index (χ3v) is 6.49. The molecule has 0 unspecified atom stereocenters. The molecule has 3 heterocycles. The lowest BCUT2D eigenvalue weighted by Gasteiger charge is -2.30. The van der Waals surface area contributed by atoms with Gasteiger partial charge in [-0.1, -0.05) is 44.2 Å². The summed E-state index contributed by atoms with van der Waals surface area (Å²) in [6.45, 7) is 5.09. The molecule has 1 aliphatic heterocycles. The Morgan fingerprint density at radius 2 is 2.00 bits per heavy atom. The van der Waals surface area contributed by atoms with Gasteiger partial charge in [-0.3, -0.25) is 9.78 Å². The van der Waals surface area contributed by atoms with Crippen LogP contribution in [-0.4, -0.2) is 22.4 Å². The van der Waals surface area contributed by atoms with Crippen LogP contribution in [-0.2, 0) is 19.3 Å². The highest BCUT2D eigenvalue weighted by molar-refractivity contribution is 6.19. The molecule has 30 heavy (non-hydrogen) atoms. The van der Waals surface area contributed by atoms with Crippen LogP contribution in [0, 0.1) is 5.41 Å². The van der Waals surface area contributed by atoms with Gasteiger partial charge in [-0.15, -0.1) is 0 Å². The van der Waals surface area contributed by atoms with Gasteiger partial charge in [-0.2, -0.15) is 0 Å².